The molecule has 0 saturated heterocycles. The fourth-order valence-electron chi connectivity index (χ4n) is 0.654. The maximum atomic E-state index is 5.06. The normalized spacial score (nSPS) is 9.54. The van der Waals surface area contributed by atoms with Crippen LogP contribution in [0.2, 0.25) is 0 Å². The fraction of sp³-hybridized carbons (Fsp3) is 0.750. The largest absolute Gasteiger partial charge is 0.353 e. The highest BCUT2D eigenvalue weighted by Gasteiger charge is 1.94. The van der Waals surface area contributed by atoms with Crippen LogP contribution in [0.3, 0.4) is 0 Å². The van der Waals surface area contributed by atoms with E-state index in [9.17, 15) is 0 Å². The van der Waals surface area contributed by atoms with Crippen LogP contribution in [0.4, 0.5) is 0 Å². The van der Waals surface area contributed by atoms with E-state index in [1.54, 1.807) is 0 Å². The average molecular weight is 188 g/mol. The van der Waals surface area contributed by atoms with Gasteiger partial charge in [-0.2, -0.15) is 0 Å². The molecular weight excluding hydrogens is 172 g/mol. The second-order valence-corrected chi connectivity index (χ2v) is 2.07. The summed E-state index contributed by atoms with van der Waals surface area (Å²) in [5.41, 5.74) is 0. The Hall–Kier alpha value is -0.940. The number of nitrogens with zero attached hydrogens (tertiary/aromatic N) is 2. The third-order valence-electron chi connectivity index (χ3n) is 1.09. The molecule has 0 saturated carbocycles. The first-order valence-electron chi connectivity index (χ1n) is 4.25. The highest BCUT2D eigenvalue weighted by Crippen LogP contribution is 1.90. The predicted molar refractivity (Wildman–Crippen MR) is 47.0 cm³/mol. The Morgan fingerprint density at radius 3 is 2.15 bits per heavy atom. The lowest BCUT2D eigenvalue weighted by atomic mass is 10.7. The van der Waals surface area contributed by atoms with Gasteiger partial charge in [-0.05, 0) is 20.8 Å². The van der Waals surface area contributed by atoms with Crippen LogP contribution in [0.1, 0.15) is 20.8 Å². The second-order valence-electron chi connectivity index (χ2n) is 2.07. The van der Waals surface area contributed by atoms with E-state index < -0.39 is 0 Å². The summed E-state index contributed by atoms with van der Waals surface area (Å²) in [6.45, 7) is 7.25. The van der Waals surface area contributed by atoms with E-state index in [1.165, 1.54) is 12.5 Å². The lowest BCUT2D eigenvalue weighted by molar-refractivity contribution is -0.123. The Morgan fingerprint density at radius 2 is 1.92 bits per heavy atom. The second kappa shape index (κ2) is 9.15. The molecule has 0 aromatic carbocycles. The maximum absolute atomic E-state index is 5.06. The molecule has 0 atom stereocenters. The minimum Gasteiger partial charge on any atom is -0.353 e. The molecule has 1 aromatic rings. The van der Waals surface area contributed by atoms with Crippen molar-refractivity contribution in [2.45, 2.75) is 27.1 Å². The summed E-state index contributed by atoms with van der Waals surface area (Å²) in [6.07, 6.45) is 2.84. The molecule has 13 heavy (non-hydrogen) atoms. The van der Waals surface area contributed by atoms with Crippen LogP contribution in [0, 0.1) is 0 Å². The van der Waals surface area contributed by atoms with Gasteiger partial charge in [0.25, 0.3) is 0 Å². The predicted octanol–water partition coefficient (Wildman–Crippen LogP) is 1.47. The zero-order valence-electron chi connectivity index (χ0n) is 8.27. The topological polar surface area (TPSA) is 57.4 Å². The summed E-state index contributed by atoms with van der Waals surface area (Å²) in [7, 11) is 0. The fourth-order valence-corrected chi connectivity index (χ4v) is 0.654. The van der Waals surface area contributed by atoms with Crippen LogP contribution in [0.15, 0.2) is 17.0 Å². The number of hydrogen-bond acceptors (Lipinski definition) is 5. The van der Waals surface area contributed by atoms with Gasteiger partial charge >= 0.3 is 0 Å². The van der Waals surface area contributed by atoms with Gasteiger partial charge in [0.2, 0.25) is 0 Å². The van der Waals surface area contributed by atoms with Crippen molar-refractivity contribution in [1.29, 1.82) is 0 Å². The number of rotatable bonds is 4. The first-order chi connectivity index (χ1) is 6.31. The van der Waals surface area contributed by atoms with E-state index in [4.69, 9.17) is 9.47 Å². The molecule has 0 amide bonds. The van der Waals surface area contributed by atoms with Gasteiger partial charge in [0.1, 0.15) is 6.26 Å². The van der Waals surface area contributed by atoms with Gasteiger partial charge in [-0.3, -0.25) is 0 Å². The van der Waals surface area contributed by atoms with Crippen LogP contribution in [0.25, 0.3) is 0 Å². The molecule has 5 nitrogen and oxygen atoms in total. The van der Waals surface area contributed by atoms with E-state index in [0.717, 1.165) is 13.2 Å². The molecular formula is C8H16N2O3. The van der Waals surface area contributed by atoms with Gasteiger partial charge in [-0.15, -0.1) is 5.10 Å². The standard InChI is InChI=1S/C6H14O2.C2H2N2O/c1-4-7-6(3)8-5-2;1-2-5-4-3-1/h6H,4-5H2,1-3H3;1-2H. The summed E-state index contributed by atoms with van der Waals surface area (Å²) < 4.78 is 14.3. The lowest BCUT2D eigenvalue weighted by Gasteiger charge is -2.09. The van der Waals surface area contributed by atoms with Crippen molar-refractivity contribution in [2.24, 2.45) is 0 Å². The number of aromatic nitrogens is 2. The van der Waals surface area contributed by atoms with Crippen molar-refractivity contribution >= 4 is 0 Å². The first kappa shape index (κ1) is 12.1. The third kappa shape index (κ3) is 8.97. The summed E-state index contributed by atoms with van der Waals surface area (Å²) in [5.74, 6) is 0. The smallest absolute Gasteiger partial charge is 0.154 e. The lowest BCUT2D eigenvalue weighted by Crippen LogP contribution is -2.11. The van der Waals surface area contributed by atoms with E-state index in [0.29, 0.717) is 0 Å². The summed E-state index contributed by atoms with van der Waals surface area (Å²) >= 11 is 0. The Kier molecular flexibility index (Phi) is 8.49. The quantitative estimate of drug-likeness (QED) is 0.670. The van der Waals surface area contributed by atoms with Gasteiger partial charge in [-0.1, -0.05) is 0 Å². The monoisotopic (exact) mass is 188 g/mol. The first-order valence-corrected chi connectivity index (χ1v) is 4.25. The Morgan fingerprint density at radius 1 is 1.31 bits per heavy atom. The molecule has 0 bridgehead atoms. The molecule has 0 aliphatic heterocycles. The third-order valence-corrected chi connectivity index (χ3v) is 1.09. The van der Waals surface area contributed by atoms with E-state index in [2.05, 4.69) is 14.9 Å². The van der Waals surface area contributed by atoms with Crippen molar-refractivity contribution in [3.63, 3.8) is 0 Å². The molecule has 1 aromatic heterocycles. The van der Waals surface area contributed by atoms with Crippen LogP contribution >= 0.6 is 0 Å². The highest BCUT2D eigenvalue weighted by atomic mass is 16.7. The van der Waals surface area contributed by atoms with Crippen LogP contribution in [-0.2, 0) is 9.47 Å². The maximum Gasteiger partial charge on any atom is 0.154 e. The molecule has 0 fully saturated rings. The Balaban J connectivity index is 0.000000243. The van der Waals surface area contributed by atoms with Gasteiger partial charge in [0.05, 0.1) is 6.20 Å². The molecule has 0 radical (unpaired) electrons. The number of hydrogen-bond donors (Lipinski definition) is 0. The van der Waals surface area contributed by atoms with Crippen molar-refractivity contribution in [3.8, 4) is 0 Å². The molecule has 0 aliphatic rings. The Bertz CT molecular complexity index is 145. The average Bonchev–Trinajstić information content (AvgIpc) is 2.61. The van der Waals surface area contributed by atoms with Crippen molar-refractivity contribution < 1.29 is 14.0 Å². The molecule has 0 unspecified atom stereocenters. The van der Waals surface area contributed by atoms with Crippen molar-refractivity contribution in [3.05, 3.63) is 12.5 Å². The van der Waals surface area contributed by atoms with Crippen molar-refractivity contribution in [1.82, 2.24) is 10.4 Å². The SMILES string of the molecule is CCOC(C)OCC.c1conn1. The van der Waals surface area contributed by atoms with Crippen LogP contribution in [-0.4, -0.2) is 29.9 Å². The summed E-state index contributed by atoms with van der Waals surface area (Å²) in [5, 5.41) is 6.40. The van der Waals surface area contributed by atoms with E-state index >= 15 is 0 Å². The molecule has 76 valence electrons. The zero-order valence-corrected chi connectivity index (χ0v) is 8.27. The minimum absolute atomic E-state index is 0.0370. The minimum atomic E-state index is -0.0370. The van der Waals surface area contributed by atoms with Gasteiger partial charge < -0.3 is 14.0 Å². The molecule has 5 heteroatoms. The van der Waals surface area contributed by atoms with Crippen LogP contribution < -0.4 is 0 Å². The van der Waals surface area contributed by atoms with Crippen molar-refractivity contribution in [2.75, 3.05) is 13.2 Å². The number of ether oxygens (including phenoxy) is 2. The highest BCUT2D eigenvalue weighted by molar-refractivity contribution is 4.48. The van der Waals surface area contributed by atoms with Gasteiger partial charge in [0, 0.05) is 18.5 Å². The molecule has 0 spiro atoms. The van der Waals surface area contributed by atoms with Gasteiger partial charge in [0.15, 0.2) is 6.29 Å². The van der Waals surface area contributed by atoms with Gasteiger partial charge in [-0.25, -0.2) is 0 Å². The summed E-state index contributed by atoms with van der Waals surface area (Å²) in [6, 6.07) is 0. The molecule has 1 rings (SSSR count). The zero-order chi connectivity index (χ0) is 9.94. The molecule has 0 N–H and O–H groups in total. The Labute approximate surface area is 78.0 Å². The summed E-state index contributed by atoms with van der Waals surface area (Å²) in [4.78, 5) is 0. The molecule has 1 heterocycles. The van der Waals surface area contributed by atoms with Crippen LogP contribution in [0.5, 0.6) is 0 Å². The van der Waals surface area contributed by atoms with E-state index in [-0.39, 0.29) is 6.29 Å². The van der Waals surface area contributed by atoms with E-state index in [1.807, 2.05) is 20.8 Å². The molecule has 0 aliphatic carbocycles.